The number of halogens is 3. The number of carbonyl (C=O) groups excluding carboxylic acids is 1. The summed E-state index contributed by atoms with van der Waals surface area (Å²) in [6.07, 6.45) is -1.09. The Hall–Kier alpha value is -2.15. The number of fused-ring (bicyclic) bond motifs is 1. The minimum atomic E-state index is -4.43. The van der Waals surface area contributed by atoms with Gasteiger partial charge in [0.1, 0.15) is 5.75 Å². The van der Waals surface area contributed by atoms with E-state index in [9.17, 15) is 18.0 Å². The maximum atomic E-state index is 12.3. The largest absolute Gasteiger partial charge is 0.482 e. The predicted molar refractivity (Wildman–Crippen MR) is 95.8 cm³/mol. The van der Waals surface area contributed by atoms with Crippen LogP contribution in [0.5, 0.6) is 5.75 Å². The zero-order valence-electron chi connectivity index (χ0n) is 13.9. The van der Waals surface area contributed by atoms with E-state index in [-0.39, 0.29) is 23.1 Å². The molecule has 0 radical (unpaired) electrons. The van der Waals surface area contributed by atoms with Gasteiger partial charge in [0, 0.05) is 4.90 Å². The van der Waals surface area contributed by atoms with Gasteiger partial charge in [0.05, 0.1) is 11.4 Å². The lowest BCUT2D eigenvalue weighted by molar-refractivity contribution is -0.153. The normalized spacial score (nSPS) is 13.3. The average Bonchev–Trinajstić information content (AvgIpc) is 3.06. The van der Waals surface area contributed by atoms with Crippen LogP contribution in [0.4, 0.5) is 18.9 Å². The van der Waals surface area contributed by atoms with Crippen molar-refractivity contribution in [1.29, 1.82) is 0 Å². The second-order valence-corrected chi connectivity index (χ2v) is 7.07. The van der Waals surface area contributed by atoms with Gasteiger partial charge < -0.3 is 10.1 Å². The Morgan fingerprint density at radius 3 is 2.69 bits per heavy atom. The third-order valence-corrected chi connectivity index (χ3v) is 4.99. The minimum Gasteiger partial charge on any atom is -0.482 e. The maximum Gasteiger partial charge on any atom is 0.422 e. The Morgan fingerprint density at radius 1 is 1.12 bits per heavy atom. The first-order valence-electron chi connectivity index (χ1n) is 8.24. The predicted octanol–water partition coefficient (Wildman–Crippen LogP) is 4.85. The van der Waals surface area contributed by atoms with Crippen LogP contribution in [-0.2, 0) is 17.6 Å². The molecule has 0 saturated carbocycles. The number of thioether (sulfide) groups is 1. The molecule has 0 unspecified atom stereocenters. The van der Waals surface area contributed by atoms with Gasteiger partial charge in [-0.25, -0.2) is 0 Å². The molecule has 26 heavy (non-hydrogen) atoms. The first-order chi connectivity index (χ1) is 12.4. The van der Waals surface area contributed by atoms with Crippen molar-refractivity contribution >= 4 is 23.4 Å². The van der Waals surface area contributed by atoms with Gasteiger partial charge in [-0.15, -0.1) is 11.8 Å². The highest BCUT2D eigenvalue weighted by molar-refractivity contribution is 8.00. The second kappa shape index (κ2) is 8.03. The fourth-order valence-electron chi connectivity index (χ4n) is 2.83. The third kappa shape index (κ3) is 5.17. The van der Waals surface area contributed by atoms with Crippen molar-refractivity contribution in [2.24, 2.45) is 0 Å². The number of amides is 1. The molecule has 0 heterocycles. The number of aryl methyl sites for hydroxylation is 2. The standard InChI is InChI=1S/C19H18F3NO2S/c20-19(21,22)12-25-17-7-2-1-6-16(17)23-18(24)11-26-15-9-8-13-4-3-5-14(13)10-15/h1-2,6-10H,3-5,11-12H2,(H,23,24). The number of anilines is 1. The van der Waals surface area contributed by atoms with E-state index in [1.165, 1.54) is 41.4 Å². The quantitative estimate of drug-likeness (QED) is 0.727. The van der Waals surface area contributed by atoms with E-state index in [1.807, 2.05) is 6.07 Å². The van der Waals surface area contributed by atoms with Crippen LogP contribution >= 0.6 is 11.8 Å². The molecule has 0 fully saturated rings. The molecular formula is C19H18F3NO2S. The molecule has 2 aromatic carbocycles. The number of nitrogens with one attached hydrogen (secondary N) is 1. The van der Waals surface area contributed by atoms with E-state index in [4.69, 9.17) is 4.74 Å². The summed E-state index contributed by atoms with van der Waals surface area (Å²) in [5.74, 6) is -0.119. The van der Waals surface area contributed by atoms with Gasteiger partial charge in [0.15, 0.2) is 6.61 Å². The highest BCUT2D eigenvalue weighted by atomic mass is 32.2. The summed E-state index contributed by atoms with van der Waals surface area (Å²) >= 11 is 1.40. The topological polar surface area (TPSA) is 38.3 Å². The molecule has 2 aromatic rings. The van der Waals surface area contributed by atoms with E-state index in [1.54, 1.807) is 12.1 Å². The van der Waals surface area contributed by atoms with E-state index >= 15 is 0 Å². The number of ether oxygens (including phenoxy) is 1. The first kappa shape index (κ1) is 18.6. The van der Waals surface area contributed by atoms with Gasteiger partial charge in [-0.2, -0.15) is 13.2 Å². The molecule has 0 aromatic heterocycles. The summed E-state index contributed by atoms with van der Waals surface area (Å²) in [5.41, 5.74) is 2.94. The molecule has 7 heteroatoms. The fourth-order valence-corrected chi connectivity index (χ4v) is 3.59. The molecule has 138 valence electrons. The van der Waals surface area contributed by atoms with E-state index < -0.39 is 12.8 Å². The summed E-state index contributed by atoms with van der Waals surface area (Å²) < 4.78 is 41.7. The Bertz CT molecular complexity index is 793. The molecule has 0 bridgehead atoms. The maximum absolute atomic E-state index is 12.3. The van der Waals surface area contributed by atoms with Crippen LogP contribution in [0.1, 0.15) is 17.5 Å². The number of carbonyl (C=O) groups is 1. The lowest BCUT2D eigenvalue weighted by atomic mass is 10.1. The molecule has 3 rings (SSSR count). The molecule has 1 amide bonds. The highest BCUT2D eigenvalue weighted by Crippen LogP contribution is 2.29. The van der Waals surface area contributed by atoms with Crippen LogP contribution in [0.3, 0.4) is 0 Å². The van der Waals surface area contributed by atoms with Crippen LogP contribution < -0.4 is 10.1 Å². The molecule has 1 N–H and O–H groups in total. The van der Waals surface area contributed by atoms with Crippen molar-refractivity contribution in [2.75, 3.05) is 17.7 Å². The SMILES string of the molecule is O=C(CSc1ccc2c(c1)CCC2)Nc1ccccc1OCC(F)(F)F. The lowest BCUT2D eigenvalue weighted by Gasteiger charge is -2.13. The Balaban J connectivity index is 1.56. The van der Waals surface area contributed by atoms with Crippen LogP contribution in [0.25, 0.3) is 0 Å². The number of hydrogen-bond donors (Lipinski definition) is 1. The van der Waals surface area contributed by atoms with Crippen molar-refractivity contribution in [1.82, 2.24) is 0 Å². The van der Waals surface area contributed by atoms with Crippen LogP contribution in [0, 0.1) is 0 Å². The van der Waals surface area contributed by atoms with E-state index in [2.05, 4.69) is 17.4 Å². The zero-order valence-corrected chi connectivity index (χ0v) is 14.8. The fraction of sp³-hybridized carbons (Fsp3) is 0.316. The Morgan fingerprint density at radius 2 is 1.88 bits per heavy atom. The summed E-state index contributed by atoms with van der Waals surface area (Å²) in [6.45, 7) is -1.40. The minimum absolute atomic E-state index is 0.000653. The average molecular weight is 381 g/mol. The van der Waals surface area contributed by atoms with Gasteiger partial charge in [-0.3, -0.25) is 4.79 Å². The van der Waals surface area contributed by atoms with Crippen LogP contribution in [-0.4, -0.2) is 24.4 Å². The molecule has 0 atom stereocenters. The number of hydrogen-bond acceptors (Lipinski definition) is 3. The molecule has 1 aliphatic carbocycles. The molecule has 0 spiro atoms. The monoisotopic (exact) mass is 381 g/mol. The van der Waals surface area contributed by atoms with Gasteiger partial charge in [-0.1, -0.05) is 18.2 Å². The first-order valence-corrected chi connectivity index (χ1v) is 9.22. The summed E-state index contributed by atoms with van der Waals surface area (Å²) in [5, 5.41) is 2.62. The van der Waals surface area contributed by atoms with E-state index in [0.717, 1.165) is 17.7 Å². The molecule has 1 aliphatic rings. The highest BCUT2D eigenvalue weighted by Gasteiger charge is 2.28. The Kier molecular flexibility index (Phi) is 5.76. The summed E-state index contributed by atoms with van der Waals surface area (Å²) in [6, 6.07) is 12.3. The number of benzene rings is 2. The molecular weight excluding hydrogens is 363 g/mol. The van der Waals surface area contributed by atoms with Crippen molar-refractivity contribution in [3.63, 3.8) is 0 Å². The van der Waals surface area contributed by atoms with Crippen LogP contribution in [0.15, 0.2) is 47.4 Å². The van der Waals surface area contributed by atoms with Gasteiger partial charge >= 0.3 is 6.18 Å². The smallest absolute Gasteiger partial charge is 0.422 e. The molecule has 0 aliphatic heterocycles. The van der Waals surface area contributed by atoms with Crippen molar-refractivity contribution in [2.45, 2.75) is 30.3 Å². The Labute approximate surface area is 153 Å². The summed E-state index contributed by atoms with van der Waals surface area (Å²) in [7, 11) is 0. The second-order valence-electron chi connectivity index (χ2n) is 6.02. The van der Waals surface area contributed by atoms with Gasteiger partial charge in [-0.05, 0) is 54.7 Å². The zero-order chi connectivity index (χ0) is 18.6. The number of alkyl halides is 3. The van der Waals surface area contributed by atoms with Crippen molar-refractivity contribution in [3.8, 4) is 5.75 Å². The third-order valence-electron chi connectivity index (χ3n) is 3.99. The number of rotatable bonds is 6. The molecule has 0 saturated heterocycles. The van der Waals surface area contributed by atoms with E-state index in [0.29, 0.717) is 0 Å². The van der Waals surface area contributed by atoms with Crippen molar-refractivity contribution < 1.29 is 22.7 Å². The van der Waals surface area contributed by atoms with Crippen molar-refractivity contribution in [3.05, 3.63) is 53.6 Å². The lowest BCUT2D eigenvalue weighted by Crippen LogP contribution is -2.20. The molecule has 3 nitrogen and oxygen atoms in total. The van der Waals surface area contributed by atoms with Gasteiger partial charge in [0.2, 0.25) is 5.91 Å². The summed E-state index contributed by atoms with van der Waals surface area (Å²) in [4.78, 5) is 13.2. The van der Waals surface area contributed by atoms with Gasteiger partial charge in [0.25, 0.3) is 0 Å². The number of para-hydroxylation sites is 2. The van der Waals surface area contributed by atoms with Crippen LogP contribution in [0.2, 0.25) is 0 Å².